The van der Waals surface area contributed by atoms with E-state index in [9.17, 15) is 4.79 Å². The third-order valence-corrected chi connectivity index (χ3v) is 2.27. The lowest BCUT2D eigenvalue weighted by Crippen LogP contribution is -2.24. The fourth-order valence-corrected chi connectivity index (χ4v) is 1.48. The SMILES string of the molecule is BN1CCn2nc(NC(=O)NC)cc21. The van der Waals surface area contributed by atoms with Gasteiger partial charge in [-0.05, 0) is 0 Å². The number of amides is 2. The highest BCUT2D eigenvalue weighted by atomic mass is 16.2. The van der Waals surface area contributed by atoms with Crippen LogP contribution in [0.1, 0.15) is 0 Å². The van der Waals surface area contributed by atoms with Crippen LogP contribution in [-0.4, -0.2) is 37.4 Å². The molecule has 74 valence electrons. The third-order valence-electron chi connectivity index (χ3n) is 2.27. The summed E-state index contributed by atoms with van der Waals surface area (Å²) in [5, 5.41) is 9.34. The number of urea groups is 1. The van der Waals surface area contributed by atoms with Crippen LogP contribution in [0.3, 0.4) is 0 Å². The van der Waals surface area contributed by atoms with E-state index in [1.807, 2.05) is 18.7 Å². The normalized spacial score (nSPS) is 13.9. The number of nitrogens with zero attached hydrogens (tertiary/aromatic N) is 3. The molecule has 1 aliphatic heterocycles. The first-order valence-electron chi connectivity index (χ1n) is 4.48. The molecule has 0 saturated heterocycles. The molecule has 1 aromatic heterocycles. The fourth-order valence-electron chi connectivity index (χ4n) is 1.48. The lowest BCUT2D eigenvalue weighted by atomic mass is 10.3. The van der Waals surface area contributed by atoms with Gasteiger partial charge in [0, 0.05) is 19.7 Å². The molecule has 0 bridgehead atoms. The van der Waals surface area contributed by atoms with E-state index in [2.05, 4.69) is 20.5 Å². The standard InChI is InChI=1S/C7H12BN5O/c1-9-7(14)10-5-4-6-12(8)2-3-13(6)11-5/h4H,2-3,8H2,1H3,(H2,9,10,11,14). The maximum absolute atomic E-state index is 11.0. The Hall–Kier alpha value is -1.66. The van der Waals surface area contributed by atoms with Gasteiger partial charge in [0.1, 0.15) is 5.82 Å². The van der Waals surface area contributed by atoms with Crippen molar-refractivity contribution < 1.29 is 4.79 Å². The summed E-state index contributed by atoms with van der Waals surface area (Å²) in [6.07, 6.45) is 0. The van der Waals surface area contributed by atoms with Crippen molar-refractivity contribution in [1.82, 2.24) is 15.1 Å². The van der Waals surface area contributed by atoms with E-state index in [0.29, 0.717) is 5.82 Å². The lowest BCUT2D eigenvalue weighted by Gasteiger charge is -2.07. The van der Waals surface area contributed by atoms with Gasteiger partial charge in [-0.1, -0.05) is 0 Å². The Morgan fingerprint density at radius 2 is 2.43 bits per heavy atom. The Morgan fingerprint density at radius 3 is 3.07 bits per heavy atom. The average molecular weight is 193 g/mol. The highest BCUT2D eigenvalue weighted by Gasteiger charge is 2.18. The van der Waals surface area contributed by atoms with Crippen molar-refractivity contribution in [3.05, 3.63) is 6.07 Å². The molecule has 1 aromatic rings. The molecule has 0 fully saturated rings. The minimum absolute atomic E-state index is 0.246. The lowest BCUT2D eigenvalue weighted by molar-refractivity contribution is 0.254. The van der Waals surface area contributed by atoms with Crippen molar-refractivity contribution >= 4 is 25.6 Å². The molecule has 2 N–H and O–H groups in total. The van der Waals surface area contributed by atoms with Crippen LogP contribution in [0.25, 0.3) is 0 Å². The first kappa shape index (κ1) is 8.92. The molecule has 1 aliphatic rings. The first-order chi connectivity index (χ1) is 6.70. The maximum atomic E-state index is 11.0. The topological polar surface area (TPSA) is 62.2 Å². The second kappa shape index (κ2) is 3.24. The number of carbonyl (C=O) groups is 1. The van der Waals surface area contributed by atoms with Gasteiger partial charge in [0.2, 0.25) is 7.98 Å². The number of anilines is 2. The molecule has 0 atom stereocenters. The van der Waals surface area contributed by atoms with E-state index in [0.717, 1.165) is 18.9 Å². The molecule has 2 amide bonds. The van der Waals surface area contributed by atoms with Crippen LogP contribution in [0.5, 0.6) is 0 Å². The van der Waals surface area contributed by atoms with E-state index in [4.69, 9.17) is 0 Å². The number of nitrogens with one attached hydrogen (secondary N) is 2. The van der Waals surface area contributed by atoms with Crippen LogP contribution in [-0.2, 0) is 6.54 Å². The first-order valence-corrected chi connectivity index (χ1v) is 4.48. The number of rotatable bonds is 1. The van der Waals surface area contributed by atoms with Crippen molar-refractivity contribution in [2.24, 2.45) is 0 Å². The van der Waals surface area contributed by atoms with Gasteiger partial charge >= 0.3 is 6.03 Å². The van der Waals surface area contributed by atoms with Crippen molar-refractivity contribution in [1.29, 1.82) is 0 Å². The minimum Gasteiger partial charge on any atom is -0.406 e. The van der Waals surface area contributed by atoms with E-state index in [1.54, 1.807) is 7.05 Å². The Kier molecular flexibility index (Phi) is 2.07. The van der Waals surface area contributed by atoms with E-state index >= 15 is 0 Å². The summed E-state index contributed by atoms with van der Waals surface area (Å²) in [5.41, 5.74) is 0. The zero-order chi connectivity index (χ0) is 10.1. The number of hydrogen-bond acceptors (Lipinski definition) is 3. The minimum atomic E-state index is -0.246. The second-order valence-corrected chi connectivity index (χ2v) is 3.24. The van der Waals surface area contributed by atoms with E-state index in [-0.39, 0.29) is 6.03 Å². The van der Waals surface area contributed by atoms with Gasteiger partial charge in [-0.15, -0.1) is 0 Å². The van der Waals surface area contributed by atoms with Gasteiger partial charge in [-0.3, -0.25) is 5.32 Å². The van der Waals surface area contributed by atoms with E-state index in [1.165, 1.54) is 0 Å². The summed E-state index contributed by atoms with van der Waals surface area (Å²) < 4.78 is 1.88. The van der Waals surface area contributed by atoms with Crippen molar-refractivity contribution in [3.8, 4) is 0 Å². The molecule has 0 saturated carbocycles. The quantitative estimate of drug-likeness (QED) is 0.562. The average Bonchev–Trinajstić information content (AvgIpc) is 2.69. The summed E-state index contributed by atoms with van der Waals surface area (Å²) in [5.74, 6) is 1.63. The van der Waals surface area contributed by atoms with Crippen molar-refractivity contribution in [2.75, 3.05) is 23.7 Å². The Balaban J connectivity index is 2.15. The molecule has 6 nitrogen and oxygen atoms in total. The van der Waals surface area contributed by atoms with Gasteiger partial charge in [-0.25, -0.2) is 9.48 Å². The molecule has 7 heteroatoms. The summed E-state index contributed by atoms with van der Waals surface area (Å²) >= 11 is 0. The predicted molar refractivity (Wildman–Crippen MR) is 56.2 cm³/mol. The Bertz CT molecular complexity index is 363. The monoisotopic (exact) mass is 193 g/mol. The van der Waals surface area contributed by atoms with Gasteiger partial charge in [0.25, 0.3) is 0 Å². The number of aromatic nitrogens is 2. The summed E-state index contributed by atoms with van der Waals surface area (Å²) in [7, 11) is 3.58. The molecular formula is C7H12BN5O. The van der Waals surface area contributed by atoms with Crippen LogP contribution in [0, 0.1) is 0 Å². The summed E-state index contributed by atoms with van der Waals surface area (Å²) in [4.78, 5) is 13.1. The van der Waals surface area contributed by atoms with Gasteiger partial charge in [0.15, 0.2) is 5.82 Å². The molecule has 0 aromatic carbocycles. The highest BCUT2D eigenvalue weighted by Crippen LogP contribution is 2.22. The molecule has 0 unspecified atom stereocenters. The second-order valence-electron chi connectivity index (χ2n) is 3.24. The molecule has 0 aliphatic carbocycles. The van der Waals surface area contributed by atoms with Gasteiger partial charge < -0.3 is 10.1 Å². The van der Waals surface area contributed by atoms with E-state index < -0.39 is 0 Å². The highest BCUT2D eigenvalue weighted by molar-refractivity contribution is 6.17. The largest absolute Gasteiger partial charge is 0.406 e. The smallest absolute Gasteiger partial charge is 0.320 e. The molecule has 2 rings (SSSR count). The number of fused-ring (bicyclic) bond motifs is 1. The van der Waals surface area contributed by atoms with Crippen LogP contribution in [0.2, 0.25) is 0 Å². The maximum Gasteiger partial charge on any atom is 0.320 e. The van der Waals surface area contributed by atoms with Gasteiger partial charge in [-0.2, -0.15) is 5.10 Å². The summed E-state index contributed by atoms with van der Waals surface area (Å²) in [6.45, 7) is 1.85. The molecule has 2 heterocycles. The van der Waals surface area contributed by atoms with Crippen LogP contribution < -0.4 is 15.4 Å². The Morgan fingerprint density at radius 1 is 1.64 bits per heavy atom. The third kappa shape index (κ3) is 1.41. The zero-order valence-electron chi connectivity index (χ0n) is 8.24. The molecule has 0 spiro atoms. The molecular weight excluding hydrogens is 181 g/mol. The Labute approximate surface area is 82.7 Å². The number of hydrogen-bond donors (Lipinski definition) is 2. The summed E-state index contributed by atoms with van der Waals surface area (Å²) in [6, 6.07) is 1.62. The predicted octanol–water partition coefficient (Wildman–Crippen LogP) is -0.997. The van der Waals surface area contributed by atoms with Crippen LogP contribution in [0.15, 0.2) is 6.07 Å². The van der Waals surface area contributed by atoms with Crippen molar-refractivity contribution in [2.45, 2.75) is 6.54 Å². The van der Waals surface area contributed by atoms with Crippen LogP contribution >= 0.6 is 0 Å². The zero-order valence-corrected chi connectivity index (χ0v) is 8.24. The fraction of sp³-hybridized carbons (Fsp3) is 0.429. The van der Waals surface area contributed by atoms with Crippen LogP contribution in [0.4, 0.5) is 16.4 Å². The molecule has 14 heavy (non-hydrogen) atoms. The van der Waals surface area contributed by atoms with Gasteiger partial charge in [0.05, 0.1) is 6.54 Å². The van der Waals surface area contributed by atoms with Crippen molar-refractivity contribution in [3.63, 3.8) is 0 Å². The number of carbonyl (C=O) groups excluding carboxylic acids is 1. The molecule has 0 radical (unpaired) electrons.